The van der Waals surface area contributed by atoms with Crippen molar-refractivity contribution in [3.63, 3.8) is 0 Å². The van der Waals surface area contributed by atoms with Crippen molar-refractivity contribution in [2.75, 3.05) is 13.7 Å². The maximum atomic E-state index is 13.2. The van der Waals surface area contributed by atoms with Gasteiger partial charge in [0.1, 0.15) is 12.3 Å². The Kier molecular flexibility index (Phi) is 4.36. The average molecular weight is 473 g/mol. The quantitative estimate of drug-likeness (QED) is 0.654. The molecule has 7 atom stereocenters. The summed E-state index contributed by atoms with van der Waals surface area (Å²) >= 11 is 2.80. The normalized spacial score (nSPS) is 34.4. The van der Waals surface area contributed by atoms with Gasteiger partial charge in [0.2, 0.25) is 11.8 Å². The molecule has 0 spiro atoms. The maximum absolute atomic E-state index is 13.2. The van der Waals surface area contributed by atoms with Crippen LogP contribution in [0.1, 0.15) is 22.8 Å². The van der Waals surface area contributed by atoms with Gasteiger partial charge in [-0.05, 0) is 30.2 Å². The molecule has 8 nitrogen and oxygen atoms in total. The van der Waals surface area contributed by atoms with E-state index in [9.17, 15) is 24.3 Å². The Labute approximate surface area is 191 Å². The summed E-state index contributed by atoms with van der Waals surface area (Å²) in [5, 5.41) is 10.1. The molecule has 4 aliphatic rings. The maximum Gasteiger partial charge on any atom is 0.323 e. The number of aromatic nitrogens is 1. The summed E-state index contributed by atoms with van der Waals surface area (Å²) in [7, 11) is 1.62. The minimum absolute atomic E-state index is 0.0241. The lowest BCUT2D eigenvalue weighted by Gasteiger charge is -2.43. The van der Waals surface area contributed by atoms with E-state index in [0.29, 0.717) is 0 Å². The second-order valence-electron chi connectivity index (χ2n) is 8.86. The number of methoxy groups -OCH3 is 1. The number of nitrogens with one attached hydrogen (secondary N) is 1. The van der Waals surface area contributed by atoms with Gasteiger partial charge in [-0.1, -0.05) is 29.5 Å². The van der Waals surface area contributed by atoms with Gasteiger partial charge in [-0.2, -0.15) is 0 Å². The number of ether oxygens (including phenoxy) is 1. The van der Waals surface area contributed by atoms with Crippen molar-refractivity contribution >= 4 is 40.9 Å². The van der Waals surface area contributed by atoms with E-state index in [0.717, 1.165) is 32.5 Å². The standard InChI is InChI=1S/C22H20N2O6S2/c1-30-11-5-3-2-4-8(11)13-14-9-6-10(17(14)31-19-18(13)32-22(29)23-19)16-15(9)20(27)24(21(16)28)7-12(25)26/h2-5,9-10,13-17H,6-7H2,1H3,(H,23,29)(H,25,26)/t9-,10+,13+,14+,15+,16+,17-/m0/s1. The van der Waals surface area contributed by atoms with Crippen molar-refractivity contribution in [1.29, 1.82) is 0 Å². The molecular formula is C22H20N2O6S2. The van der Waals surface area contributed by atoms with Crippen LogP contribution >= 0.6 is 23.1 Å². The third-order valence-corrected chi connectivity index (χ3v) is 10.2. The number of hydrogen-bond donors (Lipinski definition) is 2. The Hall–Kier alpha value is -2.59. The lowest BCUT2D eigenvalue weighted by molar-refractivity contribution is -0.149. The molecule has 2 bridgehead atoms. The first-order valence-corrected chi connectivity index (χ1v) is 12.2. The van der Waals surface area contributed by atoms with E-state index in [4.69, 9.17) is 4.74 Å². The Morgan fingerprint density at radius 3 is 2.62 bits per heavy atom. The van der Waals surface area contributed by atoms with Gasteiger partial charge < -0.3 is 14.8 Å². The van der Waals surface area contributed by atoms with Crippen molar-refractivity contribution in [3.8, 4) is 5.75 Å². The summed E-state index contributed by atoms with van der Waals surface area (Å²) in [6, 6.07) is 7.75. The molecule has 32 heavy (non-hydrogen) atoms. The first kappa shape index (κ1) is 20.0. The minimum atomic E-state index is -1.18. The number of likely N-dealkylation sites (tertiary alicyclic amines) is 1. The third-order valence-electron chi connectivity index (χ3n) is 7.58. The number of imide groups is 1. The van der Waals surface area contributed by atoms with Crippen LogP contribution in [0.25, 0.3) is 0 Å². The molecule has 3 heterocycles. The lowest BCUT2D eigenvalue weighted by Crippen LogP contribution is -2.42. The number of carbonyl (C=O) groups excluding carboxylic acids is 2. The van der Waals surface area contributed by atoms with E-state index in [-0.39, 0.29) is 45.6 Å². The molecule has 3 fully saturated rings. The van der Waals surface area contributed by atoms with Gasteiger partial charge in [-0.3, -0.25) is 24.1 Å². The van der Waals surface area contributed by atoms with Gasteiger partial charge in [-0.15, -0.1) is 11.8 Å². The van der Waals surface area contributed by atoms with E-state index in [1.54, 1.807) is 18.9 Å². The molecule has 2 aliphatic heterocycles. The third kappa shape index (κ3) is 2.56. The smallest absolute Gasteiger partial charge is 0.323 e. The monoisotopic (exact) mass is 472 g/mol. The van der Waals surface area contributed by atoms with Crippen LogP contribution in [0.3, 0.4) is 0 Å². The topological polar surface area (TPSA) is 117 Å². The molecule has 0 radical (unpaired) electrons. The summed E-state index contributed by atoms with van der Waals surface area (Å²) in [5.74, 6) is -2.24. The SMILES string of the molecule is COc1ccccc1[C@H]1c2sc(=O)[nH]c2S[C@H]2[C@@H]3C[C@H]([C@H]4C(=O)N(CC(=O)O)C(=O)[C@H]34)[C@H]12. The van der Waals surface area contributed by atoms with Crippen LogP contribution in [0.2, 0.25) is 0 Å². The number of para-hydroxylation sites is 1. The van der Waals surface area contributed by atoms with Crippen LogP contribution in [0.4, 0.5) is 0 Å². The largest absolute Gasteiger partial charge is 0.496 e. The Balaban J connectivity index is 1.47. The Morgan fingerprint density at radius 1 is 1.19 bits per heavy atom. The van der Waals surface area contributed by atoms with Crippen LogP contribution in [-0.4, -0.2) is 51.7 Å². The van der Waals surface area contributed by atoms with Crippen LogP contribution < -0.4 is 9.61 Å². The zero-order valence-corrected chi connectivity index (χ0v) is 18.7. The molecule has 2 aliphatic carbocycles. The molecule has 166 valence electrons. The molecule has 2 saturated carbocycles. The molecule has 2 N–H and O–H groups in total. The van der Waals surface area contributed by atoms with Crippen LogP contribution in [0, 0.1) is 29.6 Å². The van der Waals surface area contributed by atoms with Gasteiger partial charge in [0.25, 0.3) is 0 Å². The number of carboxylic acid groups (broad SMARTS) is 1. The molecular weight excluding hydrogens is 452 g/mol. The van der Waals surface area contributed by atoms with Crippen molar-refractivity contribution in [3.05, 3.63) is 44.4 Å². The molecule has 2 aromatic rings. The van der Waals surface area contributed by atoms with Crippen LogP contribution in [-0.2, 0) is 14.4 Å². The highest BCUT2D eigenvalue weighted by Gasteiger charge is 2.69. The van der Waals surface area contributed by atoms with Crippen LogP contribution in [0.5, 0.6) is 5.75 Å². The van der Waals surface area contributed by atoms with E-state index in [1.807, 2.05) is 24.3 Å². The van der Waals surface area contributed by atoms with E-state index < -0.39 is 24.3 Å². The van der Waals surface area contributed by atoms with Crippen molar-refractivity contribution in [1.82, 2.24) is 9.88 Å². The fourth-order valence-corrected chi connectivity index (χ4v) is 9.52. The number of amides is 2. The molecule has 1 saturated heterocycles. The zero-order chi connectivity index (χ0) is 22.3. The summed E-state index contributed by atoms with van der Waals surface area (Å²) in [5.41, 5.74) is 0.977. The number of nitrogens with zero attached hydrogens (tertiary/aromatic N) is 1. The zero-order valence-electron chi connectivity index (χ0n) is 17.0. The van der Waals surface area contributed by atoms with Gasteiger partial charge in [0, 0.05) is 21.6 Å². The molecule has 6 rings (SSSR count). The Morgan fingerprint density at radius 2 is 1.91 bits per heavy atom. The van der Waals surface area contributed by atoms with E-state index in [1.165, 1.54) is 11.3 Å². The number of hydrogen-bond acceptors (Lipinski definition) is 7. The molecule has 1 aromatic carbocycles. The summed E-state index contributed by atoms with van der Waals surface area (Å²) in [6.07, 6.45) is 0.765. The van der Waals surface area contributed by atoms with Gasteiger partial charge in [-0.25, -0.2) is 0 Å². The first-order chi connectivity index (χ1) is 15.4. The molecule has 0 unspecified atom stereocenters. The molecule has 2 amide bonds. The van der Waals surface area contributed by atoms with Crippen molar-refractivity contribution in [2.24, 2.45) is 29.6 Å². The lowest BCUT2D eigenvalue weighted by atomic mass is 9.68. The van der Waals surface area contributed by atoms with Crippen molar-refractivity contribution < 1.29 is 24.2 Å². The fraction of sp³-hybridized carbons (Fsp3) is 0.455. The predicted octanol–water partition coefficient (Wildman–Crippen LogP) is 2.00. The highest BCUT2D eigenvalue weighted by molar-refractivity contribution is 8.00. The number of carbonyl (C=O) groups is 3. The highest BCUT2D eigenvalue weighted by Crippen LogP contribution is 2.68. The van der Waals surface area contributed by atoms with Gasteiger partial charge >= 0.3 is 10.8 Å². The van der Waals surface area contributed by atoms with E-state index >= 15 is 0 Å². The summed E-state index contributed by atoms with van der Waals surface area (Å²) < 4.78 is 5.65. The molecule has 10 heteroatoms. The fourth-order valence-electron chi connectivity index (χ4n) is 6.64. The summed E-state index contributed by atoms with van der Waals surface area (Å²) in [6.45, 7) is -0.580. The van der Waals surface area contributed by atoms with E-state index in [2.05, 4.69) is 4.98 Å². The number of H-pyrrole nitrogens is 1. The number of benzene rings is 1. The number of aliphatic carboxylic acids is 1. The van der Waals surface area contributed by atoms with Gasteiger partial charge in [0.15, 0.2) is 0 Å². The Bertz CT molecular complexity index is 1220. The van der Waals surface area contributed by atoms with Crippen molar-refractivity contribution in [2.45, 2.75) is 22.6 Å². The molecule has 1 aromatic heterocycles. The number of thioether (sulfide) groups is 1. The number of rotatable bonds is 4. The first-order valence-electron chi connectivity index (χ1n) is 10.5. The number of thiazole rings is 1. The van der Waals surface area contributed by atoms with Gasteiger partial charge in [0.05, 0.1) is 24.0 Å². The second-order valence-corrected chi connectivity index (χ2v) is 11.1. The minimum Gasteiger partial charge on any atom is -0.496 e. The second kappa shape index (κ2) is 6.95. The highest BCUT2D eigenvalue weighted by atomic mass is 32.2. The number of fused-ring (bicyclic) bond motifs is 9. The summed E-state index contributed by atoms with van der Waals surface area (Å²) in [4.78, 5) is 54.5. The number of carboxylic acids is 1. The average Bonchev–Trinajstić information content (AvgIpc) is 3.49. The number of aromatic amines is 1. The predicted molar refractivity (Wildman–Crippen MR) is 116 cm³/mol. The van der Waals surface area contributed by atoms with Crippen LogP contribution in [0.15, 0.2) is 34.1 Å².